The fourth-order valence-corrected chi connectivity index (χ4v) is 4.57. The molecule has 0 saturated heterocycles. The topological polar surface area (TPSA) is 94.1 Å². The van der Waals surface area contributed by atoms with Gasteiger partial charge < -0.3 is 24.6 Å². The molecule has 0 aliphatic heterocycles. The average Bonchev–Trinajstić information content (AvgIpc) is 2.76. The van der Waals surface area contributed by atoms with Gasteiger partial charge in [-0.1, -0.05) is 29.4 Å². The molecule has 2 N–H and O–H groups in total. The van der Waals surface area contributed by atoms with E-state index in [9.17, 15) is 27.9 Å². The number of aliphatic hydroxyl groups is 1. The van der Waals surface area contributed by atoms with Crippen LogP contribution in [0.25, 0.3) is 0 Å². The normalized spacial score (nSPS) is 13.8. The van der Waals surface area contributed by atoms with Crippen LogP contribution in [0.3, 0.4) is 0 Å². The number of aryl methyl sites for hydroxylation is 1. The molecule has 2 aromatic carbocycles. The molecule has 1 amide bonds. The third-order valence-corrected chi connectivity index (χ3v) is 6.58. The third-order valence-electron chi connectivity index (χ3n) is 5.20. The lowest BCUT2D eigenvalue weighted by Gasteiger charge is -2.30. The average molecular weight is 606 g/mol. The van der Waals surface area contributed by atoms with Gasteiger partial charge in [0.05, 0.1) is 22.6 Å². The summed E-state index contributed by atoms with van der Waals surface area (Å²) >= 11 is 7.43. The van der Waals surface area contributed by atoms with Gasteiger partial charge in [0.2, 0.25) is 0 Å². The van der Waals surface area contributed by atoms with Crippen LogP contribution < -0.4 is 10.1 Å². The molecular weight excluding hydrogens is 571 g/mol. The maximum atomic E-state index is 13.4. The van der Waals surface area contributed by atoms with E-state index in [2.05, 4.69) is 5.32 Å². The van der Waals surface area contributed by atoms with Crippen LogP contribution in [0.2, 0.25) is 5.02 Å². The highest BCUT2D eigenvalue weighted by Gasteiger charge is 2.32. The number of carbonyl (C=O) groups excluding carboxylic acids is 2. The maximum Gasteiger partial charge on any atom is 0.514 e. The summed E-state index contributed by atoms with van der Waals surface area (Å²) in [5, 5.41) is 12.9. The van der Waals surface area contributed by atoms with Crippen molar-refractivity contribution < 1.29 is 42.1 Å². The quantitative estimate of drug-likeness (QED) is 0.232. The van der Waals surface area contributed by atoms with Crippen molar-refractivity contribution in [3.05, 3.63) is 52.5 Å². The summed E-state index contributed by atoms with van der Waals surface area (Å²) in [6, 6.07) is 7.73. The molecule has 0 saturated carbocycles. The number of alkyl carbamates (subject to hydrolysis) is 1. The zero-order valence-electron chi connectivity index (χ0n) is 23.5. The Balaban J connectivity index is 2.23. The number of aliphatic hydroxyl groups excluding tert-OH is 1. The van der Waals surface area contributed by atoms with Crippen LogP contribution in [0.5, 0.6) is 5.75 Å². The smallest absolute Gasteiger partial charge is 0.444 e. The Labute approximate surface area is 241 Å². The fourth-order valence-electron chi connectivity index (χ4n) is 3.27. The molecule has 1 unspecified atom stereocenters. The van der Waals surface area contributed by atoms with Crippen molar-refractivity contribution in [2.45, 2.75) is 94.0 Å². The Morgan fingerprint density at radius 1 is 0.950 bits per heavy atom. The molecule has 7 nitrogen and oxygen atoms in total. The monoisotopic (exact) mass is 605 g/mol. The van der Waals surface area contributed by atoms with Gasteiger partial charge in [0, 0.05) is 9.92 Å². The standard InChI is InChI=1S/C28H35ClF3NO6S/c1-25(2,3)38-23(35)33-27(7,16-34)13-12-17-8-10-19(15-20(17)29)40-22-14-18(28(30,31)32)9-11-21(22)37-24(36)39-26(4,5)6/h8-11,14-15,34H,12-13,16H2,1-7H3,(H,33,35). The van der Waals surface area contributed by atoms with E-state index in [1.807, 2.05) is 0 Å². The Hall–Kier alpha value is -2.63. The van der Waals surface area contributed by atoms with Crippen molar-refractivity contribution in [1.82, 2.24) is 5.32 Å². The summed E-state index contributed by atoms with van der Waals surface area (Å²) < 4.78 is 55.8. The first-order valence-electron chi connectivity index (χ1n) is 12.4. The maximum absolute atomic E-state index is 13.4. The molecule has 2 aromatic rings. The summed E-state index contributed by atoms with van der Waals surface area (Å²) in [6.07, 6.45) is -5.60. The van der Waals surface area contributed by atoms with E-state index in [-0.39, 0.29) is 17.3 Å². The van der Waals surface area contributed by atoms with Crippen LogP contribution in [0.4, 0.5) is 22.8 Å². The number of rotatable bonds is 8. The summed E-state index contributed by atoms with van der Waals surface area (Å²) in [4.78, 5) is 24.9. The molecule has 12 heteroatoms. The van der Waals surface area contributed by atoms with Crippen molar-refractivity contribution >= 4 is 35.6 Å². The molecule has 0 fully saturated rings. The van der Waals surface area contributed by atoms with Crippen LogP contribution in [0.1, 0.15) is 66.0 Å². The Morgan fingerprint density at radius 3 is 2.10 bits per heavy atom. The summed E-state index contributed by atoms with van der Waals surface area (Å²) in [5.74, 6) is -0.0978. The van der Waals surface area contributed by atoms with E-state index >= 15 is 0 Å². The highest BCUT2D eigenvalue weighted by molar-refractivity contribution is 7.99. The van der Waals surface area contributed by atoms with E-state index in [4.69, 9.17) is 25.8 Å². The van der Waals surface area contributed by atoms with Gasteiger partial charge in [-0.05, 0) is 97.2 Å². The molecule has 0 aliphatic rings. The molecule has 0 spiro atoms. The van der Waals surface area contributed by atoms with Crippen molar-refractivity contribution in [3.63, 3.8) is 0 Å². The van der Waals surface area contributed by atoms with Gasteiger partial charge in [-0.25, -0.2) is 9.59 Å². The largest absolute Gasteiger partial charge is 0.514 e. The number of alkyl halides is 3. The first-order chi connectivity index (χ1) is 18.2. The van der Waals surface area contributed by atoms with Gasteiger partial charge >= 0.3 is 18.4 Å². The second kappa shape index (κ2) is 12.9. The second-order valence-electron chi connectivity index (χ2n) is 11.4. The van der Waals surface area contributed by atoms with E-state index < -0.39 is 40.7 Å². The molecule has 0 aliphatic carbocycles. The fraction of sp³-hybridized carbons (Fsp3) is 0.500. The molecule has 0 heterocycles. The number of hydrogen-bond acceptors (Lipinski definition) is 7. The molecular formula is C28H35ClF3NO6S. The van der Waals surface area contributed by atoms with E-state index in [0.29, 0.717) is 28.3 Å². The van der Waals surface area contributed by atoms with Crippen molar-refractivity contribution in [3.8, 4) is 5.75 Å². The molecule has 1 atom stereocenters. The van der Waals surface area contributed by atoms with E-state index in [0.717, 1.165) is 30.0 Å². The second-order valence-corrected chi connectivity index (χ2v) is 12.9. The molecule has 40 heavy (non-hydrogen) atoms. The van der Waals surface area contributed by atoms with Crippen LogP contribution >= 0.6 is 23.4 Å². The predicted octanol–water partition coefficient (Wildman–Crippen LogP) is 8.03. The number of carbonyl (C=O) groups is 2. The Morgan fingerprint density at radius 2 is 1.57 bits per heavy atom. The van der Waals surface area contributed by atoms with Gasteiger partial charge in [-0.3, -0.25) is 0 Å². The number of halogens is 4. The zero-order chi connectivity index (χ0) is 30.5. The van der Waals surface area contributed by atoms with Gasteiger partial charge in [0.15, 0.2) is 0 Å². The van der Waals surface area contributed by atoms with Crippen molar-refractivity contribution in [2.75, 3.05) is 6.61 Å². The van der Waals surface area contributed by atoms with E-state index in [1.165, 1.54) is 0 Å². The SMILES string of the molecule is CC(CO)(CCc1ccc(Sc2cc(C(F)(F)F)ccc2OC(=O)OC(C)(C)C)cc1Cl)NC(=O)OC(C)(C)C. The highest BCUT2D eigenvalue weighted by atomic mass is 35.5. The first kappa shape index (κ1) is 33.6. The van der Waals surface area contributed by atoms with Crippen LogP contribution in [0, 0.1) is 0 Å². The molecule has 2 rings (SSSR count). The zero-order valence-corrected chi connectivity index (χ0v) is 25.1. The minimum Gasteiger partial charge on any atom is -0.444 e. The van der Waals surface area contributed by atoms with Crippen LogP contribution in [-0.2, 0) is 22.1 Å². The van der Waals surface area contributed by atoms with E-state index in [1.54, 1.807) is 66.7 Å². The summed E-state index contributed by atoms with van der Waals surface area (Å²) in [6.45, 7) is 11.4. The highest BCUT2D eigenvalue weighted by Crippen LogP contribution is 2.41. The summed E-state index contributed by atoms with van der Waals surface area (Å²) in [5.41, 5.74) is -2.74. The van der Waals surface area contributed by atoms with Gasteiger partial charge in [-0.2, -0.15) is 13.2 Å². The van der Waals surface area contributed by atoms with Crippen molar-refractivity contribution in [2.24, 2.45) is 0 Å². The minimum atomic E-state index is -4.60. The molecule has 0 bridgehead atoms. The minimum absolute atomic E-state index is 0.0407. The van der Waals surface area contributed by atoms with Gasteiger partial charge in [-0.15, -0.1) is 0 Å². The number of nitrogens with one attached hydrogen (secondary N) is 1. The predicted molar refractivity (Wildman–Crippen MR) is 147 cm³/mol. The molecule has 0 aromatic heterocycles. The van der Waals surface area contributed by atoms with Crippen molar-refractivity contribution in [1.29, 1.82) is 0 Å². The lowest BCUT2D eigenvalue weighted by atomic mass is 9.94. The Kier molecular flexibility index (Phi) is 10.8. The third kappa shape index (κ3) is 11.1. The number of ether oxygens (including phenoxy) is 3. The van der Waals surface area contributed by atoms with Gasteiger partial charge in [0.25, 0.3) is 0 Å². The number of benzene rings is 2. The Bertz CT molecular complexity index is 1210. The lowest BCUT2D eigenvalue weighted by Crippen LogP contribution is -2.50. The van der Waals surface area contributed by atoms with Crippen LogP contribution in [-0.4, -0.2) is 40.7 Å². The van der Waals surface area contributed by atoms with Crippen LogP contribution in [0.15, 0.2) is 46.2 Å². The molecule has 0 radical (unpaired) electrons. The molecule has 222 valence electrons. The number of hydrogen-bond donors (Lipinski definition) is 2. The first-order valence-corrected chi connectivity index (χ1v) is 13.6. The number of amides is 1. The van der Waals surface area contributed by atoms with Gasteiger partial charge in [0.1, 0.15) is 17.0 Å². The summed E-state index contributed by atoms with van der Waals surface area (Å²) in [7, 11) is 0. The lowest BCUT2D eigenvalue weighted by molar-refractivity contribution is -0.137.